The summed E-state index contributed by atoms with van der Waals surface area (Å²) in [6, 6.07) is 70.8. The van der Waals surface area contributed by atoms with E-state index in [0.29, 0.717) is 0 Å². The van der Waals surface area contributed by atoms with Crippen LogP contribution in [0.2, 0.25) is 0 Å². The molecule has 0 amide bonds. The van der Waals surface area contributed by atoms with E-state index in [1.165, 1.54) is 66.3 Å². The molecular formula is C51H38N2. The van der Waals surface area contributed by atoms with Crippen LogP contribution in [0.3, 0.4) is 0 Å². The highest BCUT2D eigenvalue weighted by molar-refractivity contribution is 6.16. The maximum absolute atomic E-state index is 2.43. The van der Waals surface area contributed by atoms with Gasteiger partial charge < -0.3 is 9.47 Å². The second-order valence-electron chi connectivity index (χ2n) is 14.6. The van der Waals surface area contributed by atoms with Crippen LogP contribution in [0.5, 0.6) is 0 Å². The Morgan fingerprint density at radius 2 is 0.962 bits per heavy atom. The summed E-state index contributed by atoms with van der Waals surface area (Å²) in [5.41, 5.74) is 17.1. The Labute approximate surface area is 310 Å². The third-order valence-corrected chi connectivity index (χ3v) is 11.2. The van der Waals surface area contributed by atoms with Crippen LogP contribution in [-0.4, -0.2) is 4.57 Å². The Kier molecular flexibility index (Phi) is 7.19. The van der Waals surface area contributed by atoms with E-state index in [1.54, 1.807) is 0 Å². The van der Waals surface area contributed by atoms with Gasteiger partial charge in [0.25, 0.3) is 0 Å². The Hall–Kier alpha value is -6.64. The summed E-state index contributed by atoms with van der Waals surface area (Å²) in [6.45, 7) is 4.69. The molecule has 0 atom stereocenters. The molecule has 252 valence electrons. The fourth-order valence-corrected chi connectivity index (χ4v) is 8.64. The number of nitrogens with zero attached hydrogens (tertiary/aromatic N) is 2. The van der Waals surface area contributed by atoms with Crippen LogP contribution in [0.1, 0.15) is 25.0 Å². The molecule has 1 aromatic heterocycles. The van der Waals surface area contributed by atoms with Gasteiger partial charge in [-0.2, -0.15) is 0 Å². The van der Waals surface area contributed by atoms with Crippen molar-refractivity contribution in [3.63, 3.8) is 0 Å². The van der Waals surface area contributed by atoms with Crippen molar-refractivity contribution in [3.05, 3.63) is 205 Å². The topological polar surface area (TPSA) is 8.17 Å². The summed E-state index contributed by atoms with van der Waals surface area (Å²) >= 11 is 0. The first-order valence-corrected chi connectivity index (χ1v) is 18.4. The number of rotatable bonds is 6. The van der Waals surface area contributed by atoms with Crippen LogP contribution in [-0.2, 0) is 5.41 Å². The minimum atomic E-state index is -0.0569. The van der Waals surface area contributed by atoms with Crippen LogP contribution in [0.4, 0.5) is 17.1 Å². The Morgan fingerprint density at radius 3 is 1.72 bits per heavy atom. The minimum Gasteiger partial charge on any atom is -0.310 e. The van der Waals surface area contributed by atoms with Crippen molar-refractivity contribution in [2.24, 2.45) is 0 Å². The zero-order valence-electron chi connectivity index (χ0n) is 29.9. The molecule has 10 rings (SSSR count). The van der Waals surface area contributed by atoms with Crippen LogP contribution < -0.4 is 4.90 Å². The number of para-hydroxylation sites is 1. The molecule has 0 fully saturated rings. The third kappa shape index (κ3) is 5.02. The van der Waals surface area contributed by atoms with Crippen LogP contribution in [0, 0.1) is 0 Å². The molecular weight excluding hydrogens is 641 g/mol. The molecule has 0 spiro atoms. The molecule has 0 bridgehead atoms. The molecule has 53 heavy (non-hydrogen) atoms. The average molecular weight is 679 g/mol. The largest absolute Gasteiger partial charge is 0.310 e. The number of aromatic nitrogens is 1. The maximum Gasteiger partial charge on any atom is 0.0562 e. The van der Waals surface area contributed by atoms with Gasteiger partial charge in [0.1, 0.15) is 0 Å². The lowest BCUT2D eigenvalue weighted by atomic mass is 9.82. The smallest absolute Gasteiger partial charge is 0.0562 e. The predicted molar refractivity (Wildman–Crippen MR) is 224 cm³/mol. The van der Waals surface area contributed by atoms with Crippen LogP contribution >= 0.6 is 0 Å². The fourth-order valence-electron chi connectivity index (χ4n) is 8.64. The summed E-state index contributed by atoms with van der Waals surface area (Å²) in [7, 11) is 0. The quantitative estimate of drug-likeness (QED) is 0.170. The van der Waals surface area contributed by atoms with Crippen molar-refractivity contribution < 1.29 is 0 Å². The summed E-state index contributed by atoms with van der Waals surface area (Å²) in [4.78, 5) is 2.42. The maximum atomic E-state index is 2.43. The van der Waals surface area contributed by atoms with E-state index >= 15 is 0 Å². The lowest BCUT2D eigenvalue weighted by Gasteiger charge is -2.27. The summed E-state index contributed by atoms with van der Waals surface area (Å²) in [5, 5.41) is 2.50. The summed E-state index contributed by atoms with van der Waals surface area (Å²) in [5.74, 6) is 0. The van der Waals surface area contributed by atoms with Crippen molar-refractivity contribution in [2.75, 3.05) is 4.90 Å². The molecule has 1 heterocycles. The van der Waals surface area contributed by atoms with Gasteiger partial charge in [-0.3, -0.25) is 0 Å². The molecule has 0 saturated carbocycles. The molecule has 2 nitrogen and oxygen atoms in total. The van der Waals surface area contributed by atoms with E-state index in [2.05, 4.69) is 217 Å². The fraction of sp³-hybridized carbons (Fsp3) is 0.0588. The van der Waals surface area contributed by atoms with Crippen molar-refractivity contribution >= 4 is 38.9 Å². The summed E-state index contributed by atoms with van der Waals surface area (Å²) < 4.78 is 2.43. The lowest BCUT2D eigenvalue weighted by molar-refractivity contribution is 0.660. The molecule has 1 aliphatic carbocycles. The van der Waals surface area contributed by atoms with E-state index < -0.39 is 0 Å². The first-order chi connectivity index (χ1) is 26.1. The zero-order valence-corrected chi connectivity index (χ0v) is 29.9. The number of fused-ring (bicyclic) bond motifs is 6. The van der Waals surface area contributed by atoms with E-state index in [-0.39, 0.29) is 5.41 Å². The minimum absolute atomic E-state index is 0.0569. The van der Waals surface area contributed by atoms with Gasteiger partial charge in [0.05, 0.1) is 11.0 Å². The SMILES string of the molecule is CC1(C)c2ccccc2-c2cc(N(c3ccc(-c4ccccc4)cc3)c3ccc4c5c(-c6ccccc6)cccc5n(-c5ccccc5)c4c3)ccc21. The Balaban J connectivity index is 1.22. The standard InChI is InChI=1S/C51H38N2/c1-51(2)46-23-13-12-21-43(46)45-33-40(30-32-47(45)51)52(39-27-25-36(26-28-39)35-15-6-3-7-16-35)41-29-31-44-49(34-41)53(38-19-10-5-11-20-38)48-24-14-22-42(50(44)48)37-17-8-4-9-18-37/h3-34H,1-2H3. The average Bonchev–Trinajstić information content (AvgIpc) is 3.67. The van der Waals surface area contributed by atoms with Crippen molar-refractivity contribution in [1.82, 2.24) is 4.57 Å². The predicted octanol–water partition coefficient (Wildman–Crippen LogP) is 13.9. The first kappa shape index (κ1) is 31.1. The second-order valence-corrected chi connectivity index (χ2v) is 14.6. The van der Waals surface area contributed by atoms with Crippen molar-refractivity contribution in [1.29, 1.82) is 0 Å². The van der Waals surface area contributed by atoms with E-state index in [4.69, 9.17) is 0 Å². The van der Waals surface area contributed by atoms with E-state index in [1.807, 2.05) is 0 Å². The van der Waals surface area contributed by atoms with Gasteiger partial charge in [0.15, 0.2) is 0 Å². The van der Waals surface area contributed by atoms with Gasteiger partial charge in [-0.1, -0.05) is 153 Å². The first-order valence-electron chi connectivity index (χ1n) is 18.4. The highest BCUT2D eigenvalue weighted by Gasteiger charge is 2.35. The third-order valence-electron chi connectivity index (χ3n) is 11.2. The second kappa shape index (κ2) is 12.3. The molecule has 0 N–H and O–H groups in total. The monoisotopic (exact) mass is 678 g/mol. The lowest BCUT2D eigenvalue weighted by Crippen LogP contribution is -2.15. The van der Waals surface area contributed by atoms with E-state index in [0.717, 1.165) is 22.7 Å². The highest BCUT2D eigenvalue weighted by Crippen LogP contribution is 2.51. The van der Waals surface area contributed by atoms with Gasteiger partial charge in [-0.05, 0) is 99.1 Å². The van der Waals surface area contributed by atoms with Crippen LogP contribution in [0.15, 0.2) is 194 Å². The number of hydrogen-bond donors (Lipinski definition) is 0. The van der Waals surface area contributed by atoms with E-state index in [9.17, 15) is 0 Å². The van der Waals surface area contributed by atoms with Crippen molar-refractivity contribution in [3.8, 4) is 39.1 Å². The number of benzene rings is 8. The molecule has 0 unspecified atom stereocenters. The normalized spacial score (nSPS) is 12.9. The Morgan fingerprint density at radius 1 is 0.396 bits per heavy atom. The molecule has 0 saturated heterocycles. The summed E-state index contributed by atoms with van der Waals surface area (Å²) in [6.07, 6.45) is 0. The van der Waals surface area contributed by atoms with Gasteiger partial charge in [-0.15, -0.1) is 0 Å². The molecule has 1 aliphatic rings. The number of anilines is 3. The molecule has 8 aromatic carbocycles. The molecule has 0 aliphatic heterocycles. The van der Waals surface area contributed by atoms with Gasteiger partial charge in [0, 0.05) is 38.9 Å². The zero-order chi connectivity index (χ0) is 35.5. The molecule has 0 radical (unpaired) electrons. The number of hydrogen-bond acceptors (Lipinski definition) is 1. The van der Waals surface area contributed by atoms with Crippen LogP contribution in [0.25, 0.3) is 60.9 Å². The Bertz CT molecular complexity index is 2780. The van der Waals surface area contributed by atoms with Gasteiger partial charge >= 0.3 is 0 Å². The molecule has 9 aromatic rings. The van der Waals surface area contributed by atoms with Gasteiger partial charge in [-0.25, -0.2) is 0 Å². The highest BCUT2D eigenvalue weighted by atomic mass is 15.1. The van der Waals surface area contributed by atoms with Gasteiger partial charge in [0.2, 0.25) is 0 Å². The molecule has 2 heteroatoms. The van der Waals surface area contributed by atoms with Crippen molar-refractivity contribution in [2.45, 2.75) is 19.3 Å².